The second-order valence-electron chi connectivity index (χ2n) is 5.90. The van der Waals surface area contributed by atoms with Crippen molar-refractivity contribution < 1.29 is 8.42 Å². The Morgan fingerprint density at radius 2 is 1.75 bits per heavy atom. The Kier molecular flexibility index (Phi) is 6.16. The molecule has 0 radical (unpaired) electrons. The molecular weight excluding hydrogens is 380 g/mol. The summed E-state index contributed by atoms with van der Waals surface area (Å²) in [4.78, 5) is 8.04. The summed E-state index contributed by atoms with van der Waals surface area (Å²) in [6.45, 7) is 4.93. The van der Waals surface area contributed by atoms with Crippen LogP contribution in [0.2, 0.25) is 0 Å². The van der Waals surface area contributed by atoms with E-state index in [2.05, 4.69) is 35.5 Å². The number of rotatable bonds is 9. The van der Waals surface area contributed by atoms with Crippen molar-refractivity contribution in [3.8, 4) is 0 Å². The smallest absolute Gasteiger partial charge is 0.259 e. The van der Waals surface area contributed by atoms with Crippen LogP contribution in [-0.4, -0.2) is 46.2 Å². The zero-order valence-corrected chi connectivity index (χ0v) is 16.4. The van der Waals surface area contributed by atoms with Crippen LogP contribution in [0.5, 0.6) is 0 Å². The molecule has 0 aromatic carbocycles. The van der Waals surface area contributed by atoms with Crippen LogP contribution in [0.3, 0.4) is 0 Å². The first-order chi connectivity index (χ1) is 13.5. The highest BCUT2D eigenvalue weighted by Crippen LogP contribution is 2.13. The van der Waals surface area contributed by atoms with E-state index in [-0.39, 0.29) is 11.6 Å². The monoisotopic (exact) mass is 402 g/mol. The number of nitrogens with zero attached hydrogens (tertiary/aromatic N) is 5. The third-order valence-corrected chi connectivity index (χ3v) is 5.24. The minimum absolute atomic E-state index is 0.0261. The summed E-state index contributed by atoms with van der Waals surface area (Å²) >= 11 is 0. The Bertz CT molecular complexity index is 1000. The first kappa shape index (κ1) is 19.7. The Balaban J connectivity index is 1.48. The van der Waals surface area contributed by atoms with E-state index < -0.39 is 10.0 Å². The molecule has 0 spiro atoms. The molecule has 0 aliphatic carbocycles. The number of nitrogens with one attached hydrogen (secondary N) is 3. The predicted molar refractivity (Wildman–Crippen MR) is 106 cm³/mol. The maximum Gasteiger partial charge on any atom is 0.259 e. The van der Waals surface area contributed by atoms with Gasteiger partial charge in [0, 0.05) is 43.9 Å². The molecule has 11 heteroatoms. The lowest BCUT2D eigenvalue weighted by atomic mass is 10.4. The molecule has 0 bridgehead atoms. The normalized spacial score (nSPS) is 11.4. The van der Waals surface area contributed by atoms with Crippen LogP contribution in [0.25, 0.3) is 0 Å². The van der Waals surface area contributed by atoms with Crippen LogP contribution in [-0.2, 0) is 16.6 Å². The largest absolute Gasteiger partial charge is 0.367 e. The van der Waals surface area contributed by atoms with Gasteiger partial charge in [0.1, 0.15) is 11.6 Å². The minimum Gasteiger partial charge on any atom is -0.367 e. The molecule has 10 nitrogen and oxygen atoms in total. The SMILES string of the molecule is CCn1cc(S(=O)(=O)NCCNc2ccc(Nc3ccncc3)nn2)nc1C. The first-order valence-corrected chi connectivity index (χ1v) is 10.2. The second-order valence-corrected chi connectivity index (χ2v) is 7.62. The van der Waals surface area contributed by atoms with Crippen LogP contribution < -0.4 is 15.4 Å². The average Bonchev–Trinajstić information content (AvgIpc) is 3.09. The van der Waals surface area contributed by atoms with Crippen LogP contribution in [0.15, 0.2) is 47.9 Å². The molecule has 28 heavy (non-hydrogen) atoms. The average molecular weight is 402 g/mol. The van der Waals surface area contributed by atoms with E-state index in [0.717, 1.165) is 5.69 Å². The minimum atomic E-state index is -3.64. The molecule has 0 unspecified atom stereocenters. The van der Waals surface area contributed by atoms with Crippen LogP contribution in [0.4, 0.5) is 17.3 Å². The summed E-state index contributed by atoms with van der Waals surface area (Å²) in [5.41, 5.74) is 0.861. The molecule has 3 aromatic heterocycles. The van der Waals surface area contributed by atoms with E-state index in [1.807, 2.05) is 19.1 Å². The Hall–Kier alpha value is -3.05. The van der Waals surface area contributed by atoms with E-state index in [1.54, 1.807) is 36.0 Å². The second kappa shape index (κ2) is 8.76. The zero-order chi connectivity index (χ0) is 20.0. The molecule has 0 saturated carbocycles. The molecule has 3 N–H and O–H groups in total. The van der Waals surface area contributed by atoms with E-state index in [1.165, 1.54) is 6.20 Å². The van der Waals surface area contributed by atoms with Crippen LogP contribution in [0.1, 0.15) is 12.7 Å². The summed E-state index contributed by atoms with van der Waals surface area (Å²) in [5.74, 6) is 1.81. The van der Waals surface area contributed by atoms with Crippen molar-refractivity contribution in [3.05, 3.63) is 48.7 Å². The standard InChI is InChI=1S/C17H22N8O2S/c1-3-25-12-17(21-13(25)2)28(26,27)20-11-10-19-15-4-5-16(24-23-15)22-14-6-8-18-9-7-14/h4-9,12,20H,3,10-11H2,1-2H3,(H,19,23)(H,18,22,24). The number of sulfonamides is 1. The Morgan fingerprint density at radius 3 is 2.39 bits per heavy atom. The number of anilines is 3. The number of hydrogen-bond donors (Lipinski definition) is 3. The first-order valence-electron chi connectivity index (χ1n) is 8.76. The van der Waals surface area contributed by atoms with Gasteiger partial charge in [0.05, 0.1) is 0 Å². The van der Waals surface area contributed by atoms with Gasteiger partial charge in [0.25, 0.3) is 10.0 Å². The van der Waals surface area contributed by atoms with Crippen molar-refractivity contribution in [1.29, 1.82) is 0 Å². The summed E-state index contributed by atoms with van der Waals surface area (Å²) in [5, 5.41) is 14.3. The van der Waals surface area contributed by atoms with Gasteiger partial charge >= 0.3 is 0 Å². The maximum absolute atomic E-state index is 12.3. The van der Waals surface area contributed by atoms with Gasteiger partial charge in [0.2, 0.25) is 0 Å². The van der Waals surface area contributed by atoms with Crippen molar-refractivity contribution in [2.24, 2.45) is 0 Å². The molecule has 0 atom stereocenters. The van der Waals surface area contributed by atoms with Gasteiger partial charge in [0.15, 0.2) is 10.8 Å². The zero-order valence-electron chi connectivity index (χ0n) is 15.6. The molecule has 148 valence electrons. The summed E-state index contributed by atoms with van der Waals surface area (Å²) in [7, 11) is -3.64. The topological polar surface area (TPSA) is 127 Å². The molecule has 0 aliphatic rings. The molecule has 3 rings (SSSR count). The van der Waals surface area contributed by atoms with Gasteiger partial charge in [-0.05, 0) is 38.1 Å². The van der Waals surface area contributed by atoms with Crippen molar-refractivity contribution in [2.75, 3.05) is 23.7 Å². The molecule has 0 saturated heterocycles. The van der Waals surface area contributed by atoms with Crippen molar-refractivity contribution in [2.45, 2.75) is 25.4 Å². The predicted octanol–water partition coefficient (Wildman–Crippen LogP) is 1.53. The quantitative estimate of drug-likeness (QED) is 0.460. The Labute approximate surface area is 163 Å². The fourth-order valence-corrected chi connectivity index (χ4v) is 3.49. The molecule has 3 heterocycles. The Morgan fingerprint density at radius 1 is 1.04 bits per heavy atom. The lowest BCUT2D eigenvalue weighted by Gasteiger charge is -2.08. The van der Waals surface area contributed by atoms with Gasteiger partial charge in [-0.25, -0.2) is 18.1 Å². The molecular formula is C17H22N8O2S. The third-order valence-electron chi connectivity index (χ3n) is 3.91. The van der Waals surface area contributed by atoms with Crippen molar-refractivity contribution in [3.63, 3.8) is 0 Å². The lowest BCUT2D eigenvalue weighted by Crippen LogP contribution is -2.29. The van der Waals surface area contributed by atoms with E-state index in [0.29, 0.717) is 30.5 Å². The number of hydrogen-bond acceptors (Lipinski definition) is 8. The highest BCUT2D eigenvalue weighted by molar-refractivity contribution is 7.89. The fourth-order valence-electron chi connectivity index (χ4n) is 2.46. The lowest BCUT2D eigenvalue weighted by molar-refractivity contribution is 0.579. The number of pyridine rings is 1. The van der Waals surface area contributed by atoms with Gasteiger partial charge in [-0.3, -0.25) is 4.98 Å². The highest BCUT2D eigenvalue weighted by Gasteiger charge is 2.18. The van der Waals surface area contributed by atoms with Gasteiger partial charge < -0.3 is 15.2 Å². The fraction of sp³-hybridized carbons (Fsp3) is 0.294. The summed E-state index contributed by atoms with van der Waals surface area (Å²) in [6, 6.07) is 7.19. The maximum atomic E-state index is 12.3. The molecule has 3 aromatic rings. The number of aryl methyl sites for hydroxylation is 2. The molecule has 0 fully saturated rings. The van der Waals surface area contributed by atoms with Gasteiger partial charge in [-0.1, -0.05) is 0 Å². The highest BCUT2D eigenvalue weighted by atomic mass is 32.2. The van der Waals surface area contributed by atoms with Crippen molar-refractivity contribution >= 4 is 27.3 Å². The molecule has 0 aliphatic heterocycles. The molecule has 0 amide bonds. The van der Waals surface area contributed by atoms with Gasteiger partial charge in [-0.2, -0.15) is 0 Å². The third kappa shape index (κ3) is 5.02. The van der Waals surface area contributed by atoms with Crippen LogP contribution in [0, 0.1) is 6.92 Å². The van der Waals surface area contributed by atoms with E-state index in [9.17, 15) is 8.42 Å². The number of imidazole rings is 1. The van der Waals surface area contributed by atoms with Crippen LogP contribution >= 0.6 is 0 Å². The number of aromatic nitrogens is 5. The van der Waals surface area contributed by atoms with E-state index in [4.69, 9.17) is 0 Å². The van der Waals surface area contributed by atoms with Crippen molar-refractivity contribution in [1.82, 2.24) is 29.5 Å². The van der Waals surface area contributed by atoms with Gasteiger partial charge in [-0.15, -0.1) is 10.2 Å². The summed E-state index contributed by atoms with van der Waals surface area (Å²) < 4.78 is 28.9. The van der Waals surface area contributed by atoms with E-state index >= 15 is 0 Å². The summed E-state index contributed by atoms with van der Waals surface area (Å²) in [6.07, 6.45) is 4.90.